The number of aliphatic carboxylic acids is 1. The van der Waals surface area contributed by atoms with Crippen LogP contribution in [0.4, 0.5) is 0 Å². The van der Waals surface area contributed by atoms with E-state index in [2.05, 4.69) is 68.4 Å². The Labute approximate surface area is 114 Å². The number of carboxylic acid groups (broad SMARTS) is 1. The summed E-state index contributed by atoms with van der Waals surface area (Å²) in [5.74, 6) is -0.513. The van der Waals surface area contributed by atoms with Crippen LogP contribution in [0.2, 0.25) is 0 Å². The Morgan fingerprint density at radius 2 is 1.42 bits per heavy atom. The second-order valence-corrected chi connectivity index (χ2v) is 4.60. The SMILES string of the molecule is CC(=O)[O-].CC(C)c1ccccc1-c1ccccc1. The molecule has 2 aromatic carbocycles. The maximum Gasteiger partial charge on any atom is 0.0383 e. The zero-order valence-electron chi connectivity index (χ0n) is 11.6. The summed E-state index contributed by atoms with van der Waals surface area (Å²) >= 11 is 0. The Hall–Kier alpha value is -2.09. The van der Waals surface area contributed by atoms with Gasteiger partial charge in [0, 0.05) is 5.97 Å². The molecule has 0 radical (unpaired) electrons. The molecule has 2 rings (SSSR count). The molecule has 0 aliphatic heterocycles. The van der Waals surface area contributed by atoms with Crippen molar-refractivity contribution in [3.05, 3.63) is 60.2 Å². The van der Waals surface area contributed by atoms with Crippen molar-refractivity contribution < 1.29 is 9.90 Å². The molecule has 0 fully saturated rings. The predicted molar refractivity (Wildman–Crippen MR) is 76.6 cm³/mol. The van der Waals surface area contributed by atoms with Crippen molar-refractivity contribution in [3.63, 3.8) is 0 Å². The van der Waals surface area contributed by atoms with Crippen LogP contribution >= 0.6 is 0 Å². The van der Waals surface area contributed by atoms with Gasteiger partial charge in [0.2, 0.25) is 0 Å². The van der Waals surface area contributed by atoms with Crippen molar-refractivity contribution in [1.82, 2.24) is 0 Å². The molecule has 0 spiro atoms. The van der Waals surface area contributed by atoms with Crippen LogP contribution in [0, 0.1) is 0 Å². The first-order chi connectivity index (χ1) is 9.02. The van der Waals surface area contributed by atoms with E-state index < -0.39 is 5.97 Å². The summed E-state index contributed by atoms with van der Waals surface area (Å²) in [5, 5.41) is 8.89. The lowest BCUT2D eigenvalue weighted by atomic mass is 9.93. The van der Waals surface area contributed by atoms with Crippen LogP contribution in [-0.4, -0.2) is 5.97 Å². The van der Waals surface area contributed by atoms with E-state index in [0.717, 1.165) is 6.92 Å². The number of hydrogen-bond acceptors (Lipinski definition) is 2. The molecule has 2 aromatic rings. The normalized spacial score (nSPS) is 9.68. The molecule has 0 aliphatic rings. The minimum atomic E-state index is -1.08. The van der Waals surface area contributed by atoms with Crippen molar-refractivity contribution in [2.75, 3.05) is 0 Å². The highest BCUT2D eigenvalue weighted by molar-refractivity contribution is 5.67. The van der Waals surface area contributed by atoms with Gasteiger partial charge in [-0.3, -0.25) is 0 Å². The predicted octanol–water partition coefficient (Wildman–Crippen LogP) is 3.23. The van der Waals surface area contributed by atoms with Gasteiger partial charge in [-0.15, -0.1) is 0 Å². The summed E-state index contributed by atoms with van der Waals surface area (Å²) in [6, 6.07) is 19.2. The fourth-order valence-electron chi connectivity index (χ4n) is 1.88. The van der Waals surface area contributed by atoms with Gasteiger partial charge < -0.3 is 9.90 Å². The van der Waals surface area contributed by atoms with Crippen molar-refractivity contribution in [2.45, 2.75) is 26.7 Å². The fourth-order valence-corrected chi connectivity index (χ4v) is 1.88. The smallest absolute Gasteiger partial charge is 0.0383 e. The van der Waals surface area contributed by atoms with E-state index in [-0.39, 0.29) is 0 Å². The van der Waals surface area contributed by atoms with Crippen LogP contribution in [0.25, 0.3) is 11.1 Å². The first-order valence-electron chi connectivity index (χ1n) is 6.34. The van der Waals surface area contributed by atoms with E-state index in [4.69, 9.17) is 9.90 Å². The average Bonchev–Trinajstić information content (AvgIpc) is 2.39. The van der Waals surface area contributed by atoms with E-state index in [1.54, 1.807) is 0 Å². The van der Waals surface area contributed by atoms with Crippen molar-refractivity contribution in [1.29, 1.82) is 0 Å². The second-order valence-electron chi connectivity index (χ2n) is 4.60. The number of carboxylic acids is 1. The lowest BCUT2D eigenvalue weighted by Gasteiger charge is -2.12. The quantitative estimate of drug-likeness (QED) is 0.826. The summed E-state index contributed by atoms with van der Waals surface area (Å²) in [6.45, 7) is 5.45. The molecule has 0 aromatic heterocycles. The van der Waals surface area contributed by atoms with Gasteiger partial charge >= 0.3 is 0 Å². The molecule has 0 N–H and O–H groups in total. The Kier molecular flexibility index (Phi) is 5.80. The number of rotatable bonds is 2. The summed E-state index contributed by atoms with van der Waals surface area (Å²) < 4.78 is 0. The van der Waals surface area contributed by atoms with Crippen LogP contribution in [0.15, 0.2) is 54.6 Å². The largest absolute Gasteiger partial charge is 0.550 e. The van der Waals surface area contributed by atoms with Gasteiger partial charge in [-0.2, -0.15) is 0 Å². The molecule has 0 heterocycles. The van der Waals surface area contributed by atoms with E-state index in [1.807, 2.05) is 0 Å². The molecule has 0 atom stereocenters. The van der Waals surface area contributed by atoms with Gasteiger partial charge in [0.25, 0.3) is 0 Å². The van der Waals surface area contributed by atoms with Gasteiger partial charge in [-0.25, -0.2) is 0 Å². The lowest BCUT2D eigenvalue weighted by Crippen LogP contribution is -2.16. The number of hydrogen-bond donors (Lipinski definition) is 0. The van der Waals surface area contributed by atoms with Gasteiger partial charge in [0.05, 0.1) is 0 Å². The van der Waals surface area contributed by atoms with Crippen molar-refractivity contribution in [2.24, 2.45) is 0 Å². The fraction of sp³-hybridized carbons (Fsp3) is 0.235. The zero-order valence-corrected chi connectivity index (χ0v) is 11.6. The zero-order chi connectivity index (χ0) is 14.3. The lowest BCUT2D eigenvalue weighted by molar-refractivity contribution is -0.302. The molecule has 0 aliphatic carbocycles. The van der Waals surface area contributed by atoms with E-state index in [1.165, 1.54) is 16.7 Å². The van der Waals surface area contributed by atoms with Crippen molar-refractivity contribution in [3.8, 4) is 11.1 Å². The third kappa shape index (κ3) is 4.96. The van der Waals surface area contributed by atoms with E-state index in [0.29, 0.717) is 5.92 Å². The third-order valence-electron chi connectivity index (χ3n) is 2.67. The Bertz CT molecular complexity index is 512. The number of carbonyl (C=O) groups excluding carboxylic acids is 1. The molecule has 19 heavy (non-hydrogen) atoms. The maximum absolute atomic E-state index is 8.89. The van der Waals surface area contributed by atoms with Crippen LogP contribution in [0.3, 0.4) is 0 Å². The van der Waals surface area contributed by atoms with Crippen LogP contribution < -0.4 is 5.11 Å². The Morgan fingerprint density at radius 1 is 0.947 bits per heavy atom. The molecule has 2 heteroatoms. The molecule has 100 valence electrons. The minimum absolute atomic E-state index is 0.571. The molecular weight excluding hydrogens is 236 g/mol. The van der Waals surface area contributed by atoms with E-state index in [9.17, 15) is 0 Å². The topological polar surface area (TPSA) is 40.1 Å². The molecule has 2 nitrogen and oxygen atoms in total. The summed E-state index contributed by atoms with van der Waals surface area (Å²) in [6.07, 6.45) is 0. The van der Waals surface area contributed by atoms with Crippen LogP contribution in [-0.2, 0) is 4.79 Å². The average molecular weight is 255 g/mol. The van der Waals surface area contributed by atoms with Gasteiger partial charge in [0.1, 0.15) is 0 Å². The first-order valence-corrected chi connectivity index (χ1v) is 6.34. The van der Waals surface area contributed by atoms with Crippen LogP contribution in [0.5, 0.6) is 0 Å². The Balaban J connectivity index is 0.000000399. The number of carbonyl (C=O) groups is 1. The van der Waals surface area contributed by atoms with Gasteiger partial charge in [0.15, 0.2) is 0 Å². The second kappa shape index (κ2) is 7.37. The summed E-state index contributed by atoms with van der Waals surface area (Å²) in [7, 11) is 0. The minimum Gasteiger partial charge on any atom is -0.550 e. The molecule has 0 unspecified atom stereocenters. The Morgan fingerprint density at radius 3 is 1.95 bits per heavy atom. The number of benzene rings is 2. The maximum atomic E-state index is 8.89. The summed E-state index contributed by atoms with van der Waals surface area (Å²) in [4.78, 5) is 8.89. The van der Waals surface area contributed by atoms with Crippen molar-refractivity contribution >= 4 is 5.97 Å². The van der Waals surface area contributed by atoms with E-state index >= 15 is 0 Å². The molecule has 0 amide bonds. The third-order valence-corrected chi connectivity index (χ3v) is 2.67. The van der Waals surface area contributed by atoms with Crippen LogP contribution in [0.1, 0.15) is 32.3 Å². The highest BCUT2D eigenvalue weighted by atomic mass is 16.4. The first kappa shape index (κ1) is 15.0. The molecule has 0 bridgehead atoms. The molecule has 0 saturated heterocycles. The molecular formula is C17H19O2-. The van der Waals surface area contributed by atoms with Gasteiger partial charge in [-0.05, 0) is 29.5 Å². The van der Waals surface area contributed by atoms with Gasteiger partial charge in [-0.1, -0.05) is 68.4 Å². The summed E-state index contributed by atoms with van der Waals surface area (Å²) in [5.41, 5.74) is 4.08. The molecule has 0 saturated carbocycles. The highest BCUT2D eigenvalue weighted by Crippen LogP contribution is 2.28. The highest BCUT2D eigenvalue weighted by Gasteiger charge is 2.06. The standard InChI is InChI=1S/C15H16.C2H4O2/c1-12(2)14-10-6-7-11-15(14)13-8-4-3-5-9-13;1-2(3)4/h3-12H,1-2H3;1H3,(H,3,4)/p-1. The monoisotopic (exact) mass is 255 g/mol.